The quantitative estimate of drug-likeness (QED) is 0.576. The molecule has 0 spiro atoms. The normalized spacial score (nSPS) is 17.3. The van der Waals surface area contributed by atoms with Gasteiger partial charge >= 0.3 is 0 Å². The average molecular weight is 463 g/mol. The van der Waals surface area contributed by atoms with Crippen molar-refractivity contribution in [3.05, 3.63) is 95.3 Å². The van der Waals surface area contributed by atoms with E-state index in [1.54, 1.807) is 43.4 Å². The number of amides is 2. The lowest BCUT2D eigenvalue weighted by molar-refractivity contribution is -0.125. The van der Waals surface area contributed by atoms with Crippen LogP contribution in [0.3, 0.4) is 0 Å². The topological polar surface area (TPSA) is 67.9 Å². The number of carbonyl (C=O) groups excluding carboxylic acids is 2. The Balaban J connectivity index is 1.62. The molecule has 176 valence electrons. The molecule has 0 bridgehead atoms. The van der Waals surface area contributed by atoms with E-state index in [0.29, 0.717) is 18.0 Å². The fraction of sp³-hybridized carbons (Fsp3) is 0.259. The van der Waals surface area contributed by atoms with Crippen molar-refractivity contribution in [2.75, 3.05) is 27.3 Å². The minimum absolute atomic E-state index is 0.00621. The molecule has 34 heavy (non-hydrogen) atoms. The first-order valence-electron chi connectivity index (χ1n) is 11.1. The highest BCUT2D eigenvalue weighted by atomic mass is 19.1. The number of rotatable bonds is 7. The fourth-order valence-corrected chi connectivity index (χ4v) is 4.40. The SMILES string of the molecule is COc1ccc(C2CN(C(=O)c3ccccc3F)CC2C(=O)NCc2ccccc2)c(OC)c1. The van der Waals surface area contributed by atoms with Crippen LogP contribution in [0.2, 0.25) is 0 Å². The van der Waals surface area contributed by atoms with E-state index in [2.05, 4.69) is 5.32 Å². The summed E-state index contributed by atoms with van der Waals surface area (Å²) in [5, 5.41) is 2.99. The maximum absolute atomic E-state index is 14.3. The number of hydrogen-bond donors (Lipinski definition) is 1. The molecule has 0 saturated carbocycles. The van der Waals surface area contributed by atoms with Crippen LogP contribution in [0.15, 0.2) is 72.8 Å². The van der Waals surface area contributed by atoms with Gasteiger partial charge in [0.25, 0.3) is 5.91 Å². The minimum Gasteiger partial charge on any atom is -0.497 e. The summed E-state index contributed by atoms with van der Waals surface area (Å²) < 4.78 is 25.2. The molecule has 0 aliphatic carbocycles. The van der Waals surface area contributed by atoms with Crippen molar-refractivity contribution < 1.29 is 23.5 Å². The van der Waals surface area contributed by atoms with Crippen LogP contribution in [-0.4, -0.2) is 44.0 Å². The maximum atomic E-state index is 14.3. The van der Waals surface area contributed by atoms with Crippen molar-refractivity contribution in [3.8, 4) is 11.5 Å². The summed E-state index contributed by atoms with van der Waals surface area (Å²) in [7, 11) is 3.12. The summed E-state index contributed by atoms with van der Waals surface area (Å²) >= 11 is 0. The van der Waals surface area contributed by atoms with Crippen LogP contribution >= 0.6 is 0 Å². The Hall–Kier alpha value is -3.87. The Morgan fingerprint density at radius 3 is 2.41 bits per heavy atom. The first-order valence-corrected chi connectivity index (χ1v) is 11.1. The first-order chi connectivity index (χ1) is 16.5. The van der Waals surface area contributed by atoms with Crippen LogP contribution in [0.1, 0.15) is 27.4 Å². The van der Waals surface area contributed by atoms with Gasteiger partial charge in [-0.3, -0.25) is 9.59 Å². The highest BCUT2D eigenvalue weighted by Crippen LogP contribution is 2.40. The number of halogens is 1. The molecule has 3 aromatic rings. The number of benzene rings is 3. The molecule has 4 rings (SSSR count). The predicted molar refractivity (Wildman–Crippen MR) is 126 cm³/mol. The van der Waals surface area contributed by atoms with Crippen molar-refractivity contribution in [2.45, 2.75) is 12.5 Å². The lowest BCUT2D eigenvalue weighted by atomic mass is 9.87. The van der Waals surface area contributed by atoms with E-state index in [1.807, 2.05) is 36.4 Å². The highest BCUT2D eigenvalue weighted by Gasteiger charge is 2.42. The van der Waals surface area contributed by atoms with E-state index in [1.165, 1.54) is 12.1 Å². The number of methoxy groups -OCH3 is 2. The lowest BCUT2D eigenvalue weighted by Crippen LogP contribution is -2.35. The number of hydrogen-bond acceptors (Lipinski definition) is 4. The van der Waals surface area contributed by atoms with Gasteiger partial charge < -0.3 is 19.7 Å². The van der Waals surface area contributed by atoms with E-state index in [4.69, 9.17) is 9.47 Å². The summed E-state index contributed by atoms with van der Waals surface area (Å²) in [6.07, 6.45) is 0. The molecular formula is C27H27FN2O4. The van der Waals surface area contributed by atoms with Crippen molar-refractivity contribution in [3.63, 3.8) is 0 Å². The summed E-state index contributed by atoms with van der Waals surface area (Å²) in [5.74, 6) is -0.838. The third kappa shape index (κ3) is 4.88. The Morgan fingerprint density at radius 2 is 1.71 bits per heavy atom. The third-order valence-corrected chi connectivity index (χ3v) is 6.20. The number of nitrogens with zero attached hydrogens (tertiary/aromatic N) is 1. The summed E-state index contributed by atoms with van der Waals surface area (Å²) in [4.78, 5) is 28.0. The van der Waals surface area contributed by atoms with E-state index in [9.17, 15) is 14.0 Å². The Bertz CT molecular complexity index is 1170. The van der Waals surface area contributed by atoms with Crippen LogP contribution < -0.4 is 14.8 Å². The highest BCUT2D eigenvalue weighted by molar-refractivity contribution is 5.95. The molecule has 6 nitrogen and oxygen atoms in total. The standard InChI is InChI=1S/C27H27FN2O4/c1-33-19-12-13-20(25(14-19)34-2)22-16-30(27(32)21-10-6-7-11-24(21)28)17-23(22)26(31)29-15-18-8-4-3-5-9-18/h3-14,22-23H,15-17H2,1-2H3,(H,29,31). The summed E-state index contributed by atoms with van der Waals surface area (Å²) in [6.45, 7) is 0.816. The van der Waals surface area contributed by atoms with Crippen LogP contribution in [0.4, 0.5) is 4.39 Å². The smallest absolute Gasteiger partial charge is 0.256 e. The molecule has 3 aromatic carbocycles. The minimum atomic E-state index is -0.581. The van der Waals surface area contributed by atoms with Crippen LogP contribution in [0.5, 0.6) is 11.5 Å². The predicted octanol–water partition coefficient (Wildman–Crippen LogP) is 4.02. The maximum Gasteiger partial charge on any atom is 0.256 e. The van der Waals surface area contributed by atoms with Gasteiger partial charge in [-0.15, -0.1) is 0 Å². The Kier molecular flexibility index (Phi) is 7.11. The van der Waals surface area contributed by atoms with E-state index >= 15 is 0 Å². The second-order valence-corrected chi connectivity index (χ2v) is 8.21. The van der Waals surface area contributed by atoms with Gasteiger partial charge in [-0.2, -0.15) is 0 Å². The van der Waals surface area contributed by atoms with Gasteiger partial charge in [0.1, 0.15) is 17.3 Å². The van der Waals surface area contributed by atoms with Gasteiger partial charge in [0.15, 0.2) is 0 Å². The molecule has 2 atom stereocenters. The zero-order valence-corrected chi connectivity index (χ0v) is 19.2. The Labute approximate surface area is 198 Å². The van der Waals surface area contributed by atoms with Crippen LogP contribution in [-0.2, 0) is 11.3 Å². The van der Waals surface area contributed by atoms with Crippen LogP contribution in [0, 0.1) is 11.7 Å². The zero-order chi connectivity index (χ0) is 24.1. The van der Waals surface area contributed by atoms with Gasteiger partial charge in [0, 0.05) is 37.2 Å². The summed E-state index contributed by atoms with van der Waals surface area (Å²) in [6, 6.07) is 20.9. The molecule has 0 radical (unpaired) electrons. The molecule has 7 heteroatoms. The summed E-state index contributed by atoms with van der Waals surface area (Å²) in [5.41, 5.74) is 1.77. The number of carbonyl (C=O) groups is 2. The number of ether oxygens (including phenoxy) is 2. The molecule has 1 aliphatic rings. The monoisotopic (exact) mass is 462 g/mol. The van der Waals surface area contributed by atoms with Crippen molar-refractivity contribution >= 4 is 11.8 Å². The number of nitrogens with one attached hydrogen (secondary N) is 1. The number of likely N-dealkylation sites (tertiary alicyclic amines) is 1. The van der Waals surface area contributed by atoms with Crippen LogP contribution in [0.25, 0.3) is 0 Å². The van der Waals surface area contributed by atoms with E-state index in [0.717, 1.165) is 11.1 Å². The van der Waals surface area contributed by atoms with Gasteiger partial charge in [0.2, 0.25) is 5.91 Å². The largest absolute Gasteiger partial charge is 0.497 e. The second-order valence-electron chi connectivity index (χ2n) is 8.21. The van der Waals surface area contributed by atoms with Crippen molar-refractivity contribution in [1.82, 2.24) is 10.2 Å². The van der Waals surface area contributed by atoms with Crippen molar-refractivity contribution in [1.29, 1.82) is 0 Å². The fourth-order valence-electron chi connectivity index (χ4n) is 4.40. The molecular weight excluding hydrogens is 435 g/mol. The van der Waals surface area contributed by atoms with E-state index in [-0.39, 0.29) is 30.5 Å². The van der Waals surface area contributed by atoms with Gasteiger partial charge in [-0.25, -0.2) is 4.39 Å². The molecule has 1 heterocycles. The molecule has 2 unspecified atom stereocenters. The lowest BCUT2D eigenvalue weighted by Gasteiger charge is -2.21. The third-order valence-electron chi connectivity index (χ3n) is 6.20. The van der Waals surface area contributed by atoms with Crippen molar-refractivity contribution in [2.24, 2.45) is 5.92 Å². The molecule has 1 aliphatic heterocycles. The van der Waals surface area contributed by atoms with Gasteiger partial charge in [0.05, 0.1) is 25.7 Å². The zero-order valence-electron chi connectivity index (χ0n) is 19.2. The Morgan fingerprint density at radius 1 is 0.971 bits per heavy atom. The van der Waals surface area contributed by atoms with E-state index < -0.39 is 17.6 Å². The average Bonchev–Trinajstić information content (AvgIpc) is 3.32. The molecule has 2 amide bonds. The van der Waals surface area contributed by atoms with Gasteiger partial charge in [-0.1, -0.05) is 48.5 Å². The van der Waals surface area contributed by atoms with Gasteiger partial charge in [-0.05, 0) is 23.8 Å². The molecule has 1 N–H and O–H groups in total. The molecule has 1 fully saturated rings. The molecule has 1 saturated heterocycles. The molecule has 0 aromatic heterocycles. The second kappa shape index (κ2) is 10.4. The first kappa shape index (κ1) is 23.3.